The molecule has 13 heavy (non-hydrogen) atoms. The number of nitrogens with zero attached hydrogens (tertiary/aromatic N) is 2. The Labute approximate surface area is 83.9 Å². The van der Waals surface area contributed by atoms with E-state index in [1.54, 1.807) is 0 Å². The summed E-state index contributed by atoms with van der Waals surface area (Å²) in [7, 11) is 6.52. The van der Waals surface area contributed by atoms with Crippen molar-refractivity contribution < 1.29 is 0 Å². The van der Waals surface area contributed by atoms with Gasteiger partial charge in [0.1, 0.15) is 0 Å². The molecular formula is C11H26N2. The minimum Gasteiger partial charge on any atom is -0.309 e. The molecule has 2 heteroatoms. The molecule has 2 nitrogen and oxygen atoms in total. The predicted molar refractivity (Wildman–Crippen MR) is 60.1 cm³/mol. The Kier molecular flexibility index (Phi) is 5.57. The fourth-order valence-electron chi connectivity index (χ4n) is 2.21. The summed E-state index contributed by atoms with van der Waals surface area (Å²) in [6.45, 7) is 10.1. The number of hydrogen-bond acceptors (Lipinski definition) is 2. The van der Waals surface area contributed by atoms with E-state index in [0.29, 0.717) is 5.41 Å². The second-order valence-electron chi connectivity index (χ2n) is 4.26. The maximum atomic E-state index is 2.40. The fourth-order valence-corrected chi connectivity index (χ4v) is 2.21. The SMILES string of the molecule is CC.CCC1(CN(C)C)CN(C)C1. The van der Waals surface area contributed by atoms with E-state index >= 15 is 0 Å². The Morgan fingerprint density at radius 2 is 1.69 bits per heavy atom. The van der Waals surface area contributed by atoms with Crippen molar-refractivity contribution in [2.45, 2.75) is 27.2 Å². The van der Waals surface area contributed by atoms with Gasteiger partial charge >= 0.3 is 0 Å². The van der Waals surface area contributed by atoms with Crippen LogP contribution in [0, 0.1) is 5.41 Å². The molecule has 1 heterocycles. The van der Waals surface area contributed by atoms with Gasteiger partial charge in [-0.25, -0.2) is 0 Å². The Balaban J connectivity index is 0.000000671. The summed E-state index contributed by atoms with van der Waals surface area (Å²) in [4.78, 5) is 4.70. The van der Waals surface area contributed by atoms with Crippen LogP contribution in [0.2, 0.25) is 0 Å². The maximum Gasteiger partial charge on any atom is 0.00817 e. The fraction of sp³-hybridized carbons (Fsp3) is 1.00. The van der Waals surface area contributed by atoms with Crippen molar-refractivity contribution >= 4 is 0 Å². The lowest BCUT2D eigenvalue weighted by Crippen LogP contribution is -2.58. The van der Waals surface area contributed by atoms with Crippen molar-refractivity contribution in [1.82, 2.24) is 9.80 Å². The Morgan fingerprint density at radius 1 is 1.23 bits per heavy atom. The van der Waals surface area contributed by atoms with E-state index in [0.717, 1.165) is 0 Å². The lowest BCUT2D eigenvalue weighted by atomic mass is 9.77. The topological polar surface area (TPSA) is 6.48 Å². The zero-order chi connectivity index (χ0) is 10.5. The van der Waals surface area contributed by atoms with Crippen LogP contribution in [-0.4, -0.2) is 50.6 Å². The van der Waals surface area contributed by atoms with E-state index in [4.69, 9.17) is 0 Å². The van der Waals surface area contributed by atoms with Crippen LogP contribution in [0.4, 0.5) is 0 Å². The third kappa shape index (κ3) is 3.65. The van der Waals surface area contributed by atoms with Crippen molar-refractivity contribution in [2.24, 2.45) is 5.41 Å². The van der Waals surface area contributed by atoms with Gasteiger partial charge < -0.3 is 9.80 Å². The van der Waals surface area contributed by atoms with Gasteiger partial charge in [-0.3, -0.25) is 0 Å². The highest BCUT2D eigenvalue weighted by Crippen LogP contribution is 2.32. The minimum absolute atomic E-state index is 0.609. The second kappa shape index (κ2) is 5.61. The average molecular weight is 186 g/mol. The summed E-state index contributed by atoms with van der Waals surface area (Å²) in [5.74, 6) is 0. The first-order valence-electron chi connectivity index (χ1n) is 5.41. The molecule has 1 rings (SSSR count). The molecular weight excluding hydrogens is 160 g/mol. The summed E-state index contributed by atoms with van der Waals surface area (Å²) in [5, 5.41) is 0. The summed E-state index contributed by atoms with van der Waals surface area (Å²) in [6.07, 6.45) is 1.32. The standard InChI is InChI=1S/C9H20N2.C2H6/c1-5-9(6-10(2)3)7-11(4)8-9;1-2/h5-8H2,1-4H3;1-2H3. The van der Waals surface area contributed by atoms with Crippen LogP contribution in [0.1, 0.15) is 27.2 Å². The molecule has 0 bridgehead atoms. The minimum atomic E-state index is 0.609. The summed E-state index contributed by atoms with van der Waals surface area (Å²) in [5.41, 5.74) is 0.609. The van der Waals surface area contributed by atoms with Crippen molar-refractivity contribution in [3.8, 4) is 0 Å². The van der Waals surface area contributed by atoms with E-state index in [-0.39, 0.29) is 0 Å². The third-order valence-electron chi connectivity index (χ3n) is 2.61. The molecule has 80 valence electrons. The van der Waals surface area contributed by atoms with Crippen LogP contribution in [0.5, 0.6) is 0 Å². The van der Waals surface area contributed by atoms with Gasteiger partial charge in [0.05, 0.1) is 0 Å². The molecule has 0 spiro atoms. The molecule has 0 aromatic heterocycles. The summed E-state index contributed by atoms with van der Waals surface area (Å²) in [6, 6.07) is 0. The lowest BCUT2D eigenvalue weighted by Gasteiger charge is -2.49. The molecule has 0 N–H and O–H groups in total. The first-order valence-corrected chi connectivity index (χ1v) is 5.41. The van der Waals surface area contributed by atoms with Crippen LogP contribution in [0.25, 0.3) is 0 Å². The molecule has 0 amide bonds. The quantitative estimate of drug-likeness (QED) is 0.664. The van der Waals surface area contributed by atoms with Crippen molar-refractivity contribution in [3.63, 3.8) is 0 Å². The van der Waals surface area contributed by atoms with E-state index in [1.165, 1.54) is 26.1 Å². The van der Waals surface area contributed by atoms with Crippen LogP contribution >= 0.6 is 0 Å². The lowest BCUT2D eigenvalue weighted by molar-refractivity contribution is -0.00176. The molecule has 1 aliphatic rings. The number of likely N-dealkylation sites (tertiary alicyclic amines) is 1. The molecule has 0 aromatic carbocycles. The Morgan fingerprint density at radius 3 is 1.92 bits per heavy atom. The van der Waals surface area contributed by atoms with Gasteiger partial charge in [0.2, 0.25) is 0 Å². The Hall–Kier alpha value is -0.0800. The highest BCUT2D eigenvalue weighted by atomic mass is 15.2. The predicted octanol–water partition coefficient (Wildman–Crippen LogP) is 1.92. The largest absolute Gasteiger partial charge is 0.309 e. The van der Waals surface area contributed by atoms with Gasteiger partial charge in [0.15, 0.2) is 0 Å². The maximum absolute atomic E-state index is 2.40. The highest BCUT2D eigenvalue weighted by Gasteiger charge is 2.39. The first-order chi connectivity index (χ1) is 6.08. The van der Waals surface area contributed by atoms with Crippen LogP contribution < -0.4 is 0 Å². The molecule has 0 saturated carbocycles. The average Bonchev–Trinajstić information content (AvgIpc) is 2.04. The highest BCUT2D eigenvalue weighted by molar-refractivity contribution is 4.93. The molecule has 1 aliphatic heterocycles. The van der Waals surface area contributed by atoms with E-state index < -0.39 is 0 Å². The van der Waals surface area contributed by atoms with E-state index in [9.17, 15) is 0 Å². The van der Waals surface area contributed by atoms with Gasteiger partial charge in [-0.1, -0.05) is 20.8 Å². The smallest absolute Gasteiger partial charge is 0.00817 e. The summed E-state index contributed by atoms with van der Waals surface area (Å²) < 4.78 is 0. The molecule has 1 saturated heterocycles. The molecule has 0 aliphatic carbocycles. The van der Waals surface area contributed by atoms with Gasteiger partial charge in [-0.2, -0.15) is 0 Å². The van der Waals surface area contributed by atoms with E-state index in [2.05, 4.69) is 37.9 Å². The number of rotatable bonds is 3. The first kappa shape index (κ1) is 12.9. The van der Waals surface area contributed by atoms with Crippen LogP contribution in [0.3, 0.4) is 0 Å². The Bertz CT molecular complexity index is 126. The molecule has 0 radical (unpaired) electrons. The second-order valence-corrected chi connectivity index (χ2v) is 4.26. The van der Waals surface area contributed by atoms with Gasteiger partial charge in [-0.05, 0) is 27.6 Å². The van der Waals surface area contributed by atoms with Crippen LogP contribution in [-0.2, 0) is 0 Å². The van der Waals surface area contributed by atoms with Gasteiger partial charge in [-0.15, -0.1) is 0 Å². The van der Waals surface area contributed by atoms with Gasteiger partial charge in [0.25, 0.3) is 0 Å². The van der Waals surface area contributed by atoms with Crippen molar-refractivity contribution in [2.75, 3.05) is 40.8 Å². The van der Waals surface area contributed by atoms with Crippen molar-refractivity contribution in [1.29, 1.82) is 0 Å². The summed E-state index contributed by atoms with van der Waals surface area (Å²) >= 11 is 0. The monoisotopic (exact) mass is 186 g/mol. The molecule has 0 unspecified atom stereocenters. The third-order valence-corrected chi connectivity index (χ3v) is 2.61. The van der Waals surface area contributed by atoms with Crippen LogP contribution in [0.15, 0.2) is 0 Å². The molecule has 0 atom stereocenters. The normalized spacial score (nSPS) is 20.5. The zero-order valence-corrected chi connectivity index (χ0v) is 10.2. The van der Waals surface area contributed by atoms with Crippen molar-refractivity contribution in [3.05, 3.63) is 0 Å². The molecule has 1 fully saturated rings. The van der Waals surface area contributed by atoms with E-state index in [1.807, 2.05) is 13.8 Å². The zero-order valence-electron chi connectivity index (χ0n) is 10.2. The number of hydrogen-bond donors (Lipinski definition) is 0. The molecule has 0 aromatic rings. The van der Waals surface area contributed by atoms with Gasteiger partial charge in [0, 0.05) is 25.0 Å².